The largest absolute Gasteiger partial charge is 0.342 e. The maximum atomic E-state index is 12.8. The molecule has 0 spiro atoms. The summed E-state index contributed by atoms with van der Waals surface area (Å²) < 4.78 is 0.978. The third kappa shape index (κ3) is 3.17. The molecule has 1 aliphatic heterocycles. The summed E-state index contributed by atoms with van der Waals surface area (Å²) >= 11 is 3.43. The zero-order valence-electron chi connectivity index (χ0n) is 13.5. The quantitative estimate of drug-likeness (QED) is 0.625. The van der Waals surface area contributed by atoms with Gasteiger partial charge < -0.3 is 15.1 Å². The van der Waals surface area contributed by atoms with E-state index in [2.05, 4.69) is 21.2 Å². The molecule has 1 aromatic rings. The van der Waals surface area contributed by atoms with Gasteiger partial charge in [0.05, 0.1) is 0 Å². The van der Waals surface area contributed by atoms with Gasteiger partial charge in [0, 0.05) is 36.3 Å². The minimum absolute atomic E-state index is 0.112. The van der Waals surface area contributed by atoms with Crippen LogP contribution in [-0.4, -0.2) is 54.2 Å². The Labute approximate surface area is 149 Å². The van der Waals surface area contributed by atoms with Crippen molar-refractivity contribution in [3.8, 4) is 0 Å². The number of piperazine rings is 1. The first kappa shape index (κ1) is 17.0. The van der Waals surface area contributed by atoms with Crippen LogP contribution in [0, 0.1) is 12.3 Å². The molecule has 2 fully saturated rings. The van der Waals surface area contributed by atoms with Crippen molar-refractivity contribution in [2.24, 2.45) is 5.41 Å². The number of carbonyl (C=O) groups is 3. The Balaban J connectivity index is 1.66. The van der Waals surface area contributed by atoms with Crippen molar-refractivity contribution in [3.05, 3.63) is 28.2 Å². The first-order chi connectivity index (χ1) is 11.5. The summed E-state index contributed by atoms with van der Waals surface area (Å²) in [4.78, 5) is 39.6. The van der Waals surface area contributed by atoms with Crippen LogP contribution in [0.25, 0.3) is 0 Å². The number of hydrogen-bond acceptors (Lipinski definition) is 3. The van der Waals surface area contributed by atoms with Crippen molar-refractivity contribution >= 4 is 39.8 Å². The summed E-state index contributed by atoms with van der Waals surface area (Å²) in [5, 5.41) is 2.88. The molecule has 128 valence electrons. The number of aryl methyl sites for hydroxylation is 1. The highest BCUT2D eigenvalue weighted by molar-refractivity contribution is 9.10. The van der Waals surface area contributed by atoms with Gasteiger partial charge in [0.15, 0.2) is 0 Å². The number of nitrogens with zero attached hydrogens (tertiary/aromatic N) is 2. The van der Waals surface area contributed by atoms with Gasteiger partial charge in [-0.3, -0.25) is 14.4 Å². The summed E-state index contributed by atoms with van der Waals surface area (Å²) in [5.41, 5.74) is 0.796. The van der Waals surface area contributed by atoms with Crippen molar-refractivity contribution in [2.45, 2.75) is 19.8 Å². The number of carbonyl (C=O) groups excluding carboxylic acids is 3. The van der Waals surface area contributed by atoms with E-state index in [1.54, 1.807) is 9.80 Å². The number of benzene rings is 1. The molecule has 0 bridgehead atoms. The van der Waals surface area contributed by atoms with Crippen LogP contribution in [0.1, 0.15) is 18.4 Å². The topological polar surface area (TPSA) is 69.7 Å². The van der Waals surface area contributed by atoms with Crippen LogP contribution in [0.3, 0.4) is 0 Å². The summed E-state index contributed by atoms with van der Waals surface area (Å²) in [6.45, 7) is 3.98. The Kier molecular flexibility index (Phi) is 4.62. The van der Waals surface area contributed by atoms with E-state index in [-0.39, 0.29) is 11.8 Å². The van der Waals surface area contributed by atoms with E-state index in [0.717, 1.165) is 16.4 Å². The Morgan fingerprint density at radius 3 is 2.42 bits per heavy atom. The van der Waals surface area contributed by atoms with E-state index < -0.39 is 5.41 Å². The zero-order valence-corrected chi connectivity index (χ0v) is 15.1. The maximum absolute atomic E-state index is 12.8. The number of rotatable bonds is 4. The van der Waals surface area contributed by atoms with Gasteiger partial charge in [-0.15, -0.1) is 0 Å². The highest BCUT2D eigenvalue weighted by atomic mass is 79.9. The van der Waals surface area contributed by atoms with Gasteiger partial charge in [-0.1, -0.05) is 15.9 Å². The van der Waals surface area contributed by atoms with E-state index in [0.29, 0.717) is 44.7 Å². The first-order valence-corrected chi connectivity index (χ1v) is 8.82. The second-order valence-corrected chi connectivity index (χ2v) is 7.29. The van der Waals surface area contributed by atoms with Crippen LogP contribution in [0.5, 0.6) is 0 Å². The number of hydrogen-bond donors (Lipinski definition) is 1. The van der Waals surface area contributed by atoms with Gasteiger partial charge in [0.25, 0.3) is 0 Å². The average molecular weight is 394 g/mol. The van der Waals surface area contributed by atoms with Crippen molar-refractivity contribution < 1.29 is 14.4 Å². The van der Waals surface area contributed by atoms with Crippen LogP contribution in [0.2, 0.25) is 0 Å². The standard InChI is InChI=1S/C17H20BrN3O3/c1-12-10-13(2-3-14(12)18)19-15(23)17(4-5-17)16(24)21-8-6-20(11-22)7-9-21/h2-3,10-11H,4-9H2,1H3,(H,19,23). The molecule has 3 rings (SSSR count). The highest BCUT2D eigenvalue weighted by Crippen LogP contribution is 2.48. The molecule has 0 unspecified atom stereocenters. The first-order valence-electron chi connectivity index (χ1n) is 8.02. The number of nitrogens with one attached hydrogen (secondary N) is 1. The molecular weight excluding hydrogens is 374 g/mol. The van der Waals surface area contributed by atoms with E-state index in [9.17, 15) is 14.4 Å². The Morgan fingerprint density at radius 2 is 1.88 bits per heavy atom. The lowest BCUT2D eigenvalue weighted by Gasteiger charge is -2.34. The molecule has 0 radical (unpaired) electrons. The predicted octanol–water partition coefficient (Wildman–Crippen LogP) is 1.78. The molecule has 2 aliphatic rings. The fraction of sp³-hybridized carbons (Fsp3) is 0.471. The van der Waals surface area contributed by atoms with Crippen molar-refractivity contribution in [1.29, 1.82) is 0 Å². The summed E-state index contributed by atoms with van der Waals surface area (Å²) in [6.07, 6.45) is 1.97. The van der Waals surface area contributed by atoms with Crippen LogP contribution in [-0.2, 0) is 14.4 Å². The number of halogens is 1. The lowest BCUT2D eigenvalue weighted by molar-refractivity contribution is -0.144. The SMILES string of the molecule is Cc1cc(NC(=O)C2(C(=O)N3CCN(C=O)CC3)CC2)ccc1Br. The van der Waals surface area contributed by atoms with Crippen molar-refractivity contribution in [1.82, 2.24) is 9.80 Å². The smallest absolute Gasteiger partial charge is 0.240 e. The molecule has 1 saturated heterocycles. The molecule has 1 saturated carbocycles. The van der Waals surface area contributed by atoms with Crippen LogP contribution in [0.15, 0.2) is 22.7 Å². The van der Waals surface area contributed by atoms with Gasteiger partial charge in [-0.25, -0.2) is 0 Å². The monoisotopic (exact) mass is 393 g/mol. The third-order valence-electron chi connectivity index (χ3n) is 4.76. The van der Waals surface area contributed by atoms with Gasteiger partial charge in [0.1, 0.15) is 5.41 Å². The van der Waals surface area contributed by atoms with Gasteiger partial charge in [-0.2, -0.15) is 0 Å². The van der Waals surface area contributed by atoms with Crippen LogP contribution < -0.4 is 5.32 Å². The van der Waals surface area contributed by atoms with E-state index >= 15 is 0 Å². The van der Waals surface area contributed by atoms with Gasteiger partial charge in [-0.05, 0) is 43.5 Å². The van der Waals surface area contributed by atoms with Crippen molar-refractivity contribution in [3.63, 3.8) is 0 Å². The molecule has 1 heterocycles. The highest BCUT2D eigenvalue weighted by Gasteiger charge is 2.58. The summed E-state index contributed by atoms with van der Waals surface area (Å²) in [5.74, 6) is -0.341. The van der Waals surface area contributed by atoms with E-state index in [4.69, 9.17) is 0 Å². The van der Waals surface area contributed by atoms with Crippen LogP contribution >= 0.6 is 15.9 Å². The Bertz CT molecular complexity index is 680. The zero-order chi connectivity index (χ0) is 17.3. The molecule has 1 aliphatic carbocycles. The summed E-state index contributed by atoms with van der Waals surface area (Å²) in [6, 6.07) is 5.58. The number of amides is 3. The second-order valence-electron chi connectivity index (χ2n) is 6.43. The third-order valence-corrected chi connectivity index (χ3v) is 5.65. The van der Waals surface area contributed by atoms with Gasteiger partial charge >= 0.3 is 0 Å². The molecular formula is C17H20BrN3O3. The molecule has 0 aromatic heterocycles. The molecule has 6 nitrogen and oxygen atoms in total. The lowest BCUT2D eigenvalue weighted by atomic mass is 10.0. The van der Waals surface area contributed by atoms with E-state index in [1.165, 1.54) is 0 Å². The molecule has 24 heavy (non-hydrogen) atoms. The molecule has 3 amide bonds. The second kappa shape index (κ2) is 6.55. The van der Waals surface area contributed by atoms with Crippen LogP contribution in [0.4, 0.5) is 5.69 Å². The van der Waals surface area contributed by atoms with Crippen molar-refractivity contribution in [2.75, 3.05) is 31.5 Å². The maximum Gasteiger partial charge on any atom is 0.240 e. The Morgan fingerprint density at radius 1 is 1.21 bits per heavy atom. The molecule has 1 N–H and O–H groups in total. The fourth-order valence-electron chi connectivity index (χ4n) is 2.97. The minimum atomic E-state index is -0.926. The molecule has 7 heteroatoms. The normalized spacial score (nSPS) is 18.9. The number of anilines is 1. The van der Waals surface area contributed by atoms with Gasteiger partial charge in [0.2, 0.25) is 18.2 Å². The Hall–Kier alpha value is -1.89. The fourth-order valence-corrected chi connectivity index (χ4v) is 3.22. The molecule has 0 atom stereocenters. The molecule has 1 aromatic carbocycles. The lowest BCUT2D eigenvalue weighted by Crippen LogP contribution is -2.52. The summed E-state index contributed by atoms with van der Waals surface area (Å²) in [7, 11) is 0. The minimum Gasteiger partial charge on any atom is -0.342 e. The predicted molar refractivity (Wildman–Crippen MR) is 93.4 cm³/mol. The average Bonchev–Trinajstić information content (AvgIpc) is 3.39. The van der Waals surface area contributed by atoms with E-state index in [1.807, 2.05) is 25.1 Å².